The zero-order chi connectivity index (χ0) is 9.03. The van der Waals surface area contributed by atoms with E-state index >= 15 is 0 Å². The lowest BCUT2D eigenvalue weighted by Crippen LogP contribution is -2.04. The number of nitrogens with zero attached hydrogens (tertiary/aromatic N) is 1. The van der Waals surface area contributed by atoms with Crippen molar-refractivity contribution in [2.24, 2.45) is 11.3 Å². The van der Waals surface area contributed by atoms with Gasteiger partial charge in [0, 0.05) is 6.42 Å². The van der Waals surface area contributed by atoms with Gasteiger partial charge < -0.3 is 0 Å². The van der Waals surface area contributed by atoms with Crippen LogP contribution in [-0.4, -0.2) is 11.5 Å². The molecule has 1 aliphatic carbocycles. The minimum atomic E-state index is 0.439. The van der Waals surface area contributed by atoms with Crippen LogP contribution < -0.4 is 0 Å². The molecule has 1 saturated carbocycles. The van der Waals surface area contributed by atoms with E-state index in [9.17, 15) is 0 Å². The minimum Gasteiger partial charge on any atom is -0.198 e. The fourth-order valence-corrected chi connectivity index (χ4v) is 2.64. The zero-order valence-corrected chi connectivity index (χ0v) is 8.78. The molecule has 12 heavy (non-hydrogen) atoms. The molecule has 0 heterocycles. The van der Waals surface area contributed by atoms with Crippen molar-refractivity contribution in [3.63, 3.8) is 0 Å². The maximum atomic E-state index is 8.59. The van der Waals surface area contributed by atoms with E-state index in [2.05, 4.69) is 19.9 Å². The summed E-state index contributed by atoms with van der Waals surface area (Å²) in [5.41, 5.74) is 0.439. The van der Waals surface area contributed by atoms with Crippen LogP contribution in [0.4, 0.5) is 0 Å². The van der Waals surface area contributed by atoms with Crippen LogP contribution in [0.25, 0.3) is 0 Å². The van der Waals surface area contributed by atoms with Crippen molar-refractivity contribution in [1.29, 1.82) is 5.26 Å². The Hall–Kier alpha value is -0.160. The molecule has 1 rings (SSSR count). The van der Waals surface area contributed by atoms with Gasteiger partial charge in [-0.25, -0.2) is 0 Å². The second-order valence-electron chi connectivity index (χ2n) is 4.24. The molecule has 0 aromatic carbocycles. The van der Waals surface area contributed by atoms with Crippen molar-refractivity contribution in [2.75, 3.05) is 11.5 Å². The molecular weight excluding hydrogens is 166 g/mol. The third kappa shape index (κ3) is 3.06. The highest BCUT2D eigenvalue weighted by molar-refractivity contribution is 7.99. The first-order valence-electron chi connectivity index (χ1n) is 4.63. The predicted molar refractivity (Wildman–Crippen MR) is 54.1 cm³/mol. The molecule has 1 nitrogen and oxygen atoms in total. The molecule has 1 fully saturated rings. The van der Waals surface area contributed by atoms with Crippen LogP contribution in [-0.2, 0) is 0 Å². The Labute approximate surface area is 79.5 Å². The van der Waals surface area contributed by atoms with Crippen LogP contribution in [0.15, 0.2) is 0 Å². The number of hydrogen-bond donors (Lipinski definition) is 0. The summed E-state index contributed by atoms with van der Waals surface area (Å²) in [6.07, 6.45) is 3.34. The molecule has 0 bridgehead atoms. The highest BCUT2D eigenvalue weighted by Crippen LogP contribution is 2.50. The molecule has 0 atom stereocenters. The Morgan fingerprint density at radius 1 is 1.50 bits per heavy atom. The summed E-state index contributed by atoms with van der Waals surface area (Å²) < 4.78 is 0. The molecule has 2 heteroatoms. The van der Waals surface area contributed by atoms with E-state index < -0.39 is 0 Å². The van der Waals surface area contributed by atoms with Gasteiger partial charge in [-0.2, -0.15) is 17.0 Å². The number of rotatable bonds is 5. The van der Waals surface area contributed by atoms with E-state index in [0.717, 1.165) is 12.3 Å². The van der Waals surface area contributed by atoms with Crippen LogP contribution in [0, 0.1) is 22.7 Å². The summed E-state index contributed by atoms with van der Waals surface area (Å²) >= 11 is 2.02. The van der Waals surface area contributed by atoms with Crippen molar-refractivity contribution in [3.05, 3.63) is 0 Å². The van der Waals surface area contributed by atoms with Gasteiger partial charge in [-0.3, -0.25) is 0 Å². The molecule has 0 amide bonds. The number of nitriles is 1. The second-order valence-corrected chi connectivity index (χ2v) is 5.27. The lowest BCUT2D eigenvalue weighted by molar-refractivity contribution is 0.602. The molecule has 0 aromatic rings. The summed E-state index contributed by atoms with van der Waals surface area (Å²) in [6, 6.07) is 2.30. The average molecular weight is 183 g/mol. The van der Waals surface area contributed by atoms with E-state index in [1.807, 2.05) is 11.8 Å². The quantitative estimate of drug-likeness (QED) is 0.654. The van der Waals surface area contributed by atoms with E-state index in [0.29, 0.717) is 5.41 Å². The normalized spacial score (nSPS) is 19.2. The Morgan fingerprint density at radius 2 is 2.17 bits per heavy atom. The molecule has 0 radical (unpaired) electrons. The monoisotopic (exact) mass is 183 g/mol. The third-order valence-corrected chi connectivity index (χ3v) is 3.99. The van der Waals surface area contributed by atoms with E-state index in [1.54, 1.807) is 0 Å². The Kier molecular flexibility index (Phi) is 3.46. The molecular formula is C10H17NS. The van der Waals surface area contributed by atoms with E-state index in [4.69, 9.17) is 5.26 Å². The van der Waals surface area contributed by atoms with Crippen LogP contribution in [0.3, 0.4) is 0 Å². The second kappa shape index (κ2) is 4.18. The zero-order valence-electron chi connectivity index (χ0n) is 7.97. The Bertz CT molecular complexity index is 177. The van der Waals surface area contributed by atoms with Crippen molar-refractivity contribution in [2.45, 2.75) is 33.1 Å². The highest BCUT2D eigenvalue weighted by atomic mass is 32.2. The van der Waals surface area contributed by atoms with Gasteiger partial charge in [0.05, 0.1) is 6.07 Å². The average Bonchev–Trinajstić information content (AvgIpc) is 2.69. The lowest BCUT2D eigenvalue weighted by Gasteiger charge is -2.10. The van der Waals surface area contributed by atoms with Crippen LogP contribution >= 0.6 is 11.8 Å². The molecule has 0 aliphatic heterocycles. The predicted octanol–water partition coefficient (Wildman–Crippen LogP) is 3.07. The molecule has 0 saturated heterocycles. The molecule has 1 aliphatic rings. The largest absolute Gasteiger partial charge is 0.198 e. The molecule has 68 valence electrons. The van der Waals surface area contributed by atoms with Crippen molar-refractivity contribution >= 4 is 11.8 Å². The molecule has 0 aromatic heterocycles. The maximum absolute atomic E-state index is 8.59. The van der Waals surface area contributed by atoms with E-state index in [-0.39, 0.29) is 0 Å². The van der Waals surface area contributed by atoms with Crippen LogP contribution in [0.2, 0.25) is 0 Å². The maximum Gasteiger partial charge on any atom is 0.0627 e. The Morgan fingerprint density at radius 3 is 2.58 bits per heavy atom. The van der Waals surface area contributed by atoms with Gasteiger partial charge in [0.25, 0.3) is 0 Å². The van der Waals surface area contributed by atoms with Gasteiger partial charge in [-0.05, 0) is 35.7 Å². The van der Waals surface area contributed by atoms with E-state index in [1.165, 1.54) is 24.3 Å². The summed E-state index contributed by atoms with van der Waals surface area (Å²) in [6.45, 7) is 4.49. The molecule has 0 N–H and O–H groups in total. The summed E-state index contributed by atoms with van der Waals surface area (Å²) in [5, 5.41) is 8.59. The Balaban J connectivity index is 2.11. The van der Waals surface area contributed by atoms with Gasteiger partial charge in [0.1, 0.15) is 0 Å². The first-order valence-corrected chi connectivity index (χ1v) is 5.79. The summed E-state index contributed by atoms with van der Waals surface area (Å²) in [4.78, 5) is 0. The van der Waals surface area contributed by atoms with Crippen molar-refractivity contribution in [3.8, 4) is 6.07 Å². The molecule has 0 spiro atoms. The summed E-state index contributed by atoms with van der Waals surface area (Å²) in [5.74, 6) is 3.24. The standard InChI is InChI=1S/C10H17NS/c1-9(2)7-12-8-10(3-4-10)5-6-11/h9H,3-5,7-8H2,1-2H3. The number of hydrogen-bond acceptors (Lipinski definition) is 2. The van der Waals surface area contributed by atoms with Crippen molar-refractivity contribution < 1.29 is 0 Å². The van der Waals surface area contributed by atoms with Gasteiger partial charge in [-0.1, -0.05) is 13.8 Å². The molecule has 0 unspecified atom stereocenters. The highest BCUT2D eigenvalue weighted by Gasteiger charge is 2.41. The third-order valence-electron chi connectivity index (χ3n) is 2.27. The van der Waals surface area contributed by atoms with Crippen LogP contribution in [0.1, 0.15) is 33.1 Å². The van der Waals surface area contributed by atoms with Crippen molar-refractivity contribution in [1.82, 2.24) is 0 Å². The lowest BCUT2D eigenvalue weighted by atomic mass is 10.1. The SMILES string of the molecule is CC(C)CSCC1(CC#N)CC1. The first-order chi connectivity index (χ1) is 5.68. The van der Waals surface area contributed by atoms with Gasteiger partial charge in [-0.15, -0.1) is 0 Å². The minimum absolute atomic E-state index is 0.439. The van der Waals surface area contributed by atoms with Crippen LogP contribution in [0.5, 0.6) is 0 Å². The first kappa shape index (κ1) is 9.92. The van der Waals surface area contributed by atoms with Gasteiger partial charge in [0.2, 0.25) is 0 Å². The smallest absolute Gasteiger partial charge is 0.0627 e. The fourth-order valence-electron chi connectivity index (χ4n) is 1.23. The summed E-state index contributed by atoms with van der Waals surface area (Å²) in [7, 11) is 0. The topological polar surface area (TPSA) is 23.8 Å². The fraction of sp³-hybridized carbons (Fsp3) is 0.900. The van der Waals surface area contributed by atoms with Gasteiger partial charge in [0.15, 0.2) is 0 Å². The van der Waals surface area contributed by atoms with Gasteiger partial charge >= 0.3 is 0 Å². The number of thioether (sulfide) groups is 1.